The summed E-state index contributed by atoms with van der Waals surface area (Å²) in [5.41, 5.74) is 1.50. The molecule has 0 aliphatic carbocycles. The lowest BCUT2D eigenvalue weighted by Crippen LogP contribution is -2.35. The van der Waals surface area contributed by atoms with E-state index in [1.165, 1.54) is 50.2 Å². The van der Waals surface area contributed by atoms with E-state index in [1.807, 2.05) is 0 Å². The predicted molar refractivity (Wildman–Crippen MR) is 84.8 cm³/mol. The highest BCUT2D eigenvalue weighted by atomic mass is 32.2. The molecule has 0 N–H and O–H groups in total. The van der Waals surface area contributed by atoms with Crippen LogP contribution < -0.4 is 0 Å². The average molecular weight is 263 g/mol. The van der Waals surface area contributed by atoms with Crippen LogP contribution in [0.15, 0.2) is 30.3 Å². The predicted octanol–water partition coefficient (Wildman–Crippen LogP) is 3.27. The first-order valence-corrected chi connectivity index (χ1v) is 8.89. The maximum Gasteiger partial charge on any atom is 0.00675 e. The molecule has 2 rings (SSSR count). The van der Waals surface area contributed by atoms with Crippen LogP contribution in [0.3, 0.4) is 0 Å². The number of nitrogens with zero attached hydrogens (tertiary/aromatic N) is 1. The van der Waals surface area contributed by atoms with E-state index in [0.717, 1.165) is 5.92 Å². The van der Waals surface area contributed by atoms with E-state index in [2.05, 4.69) is 47.4 Å². The Morgan fingerprint density at radius 2 is 1.89 bits per heavy atom. The SMILES string of the molecule is C=S(C)CCN1CCC(Cc2ccccc2)CC1. The van der Waals surface area contributed by atoms with Crippen molar-refractivity contribution < 1.29 is 0 Å². The van der Waals surface area contributed by atoms with Crippen LogP contribution in [0.25, 0.3) is 0 Å². The van der Waals surface area contributed by atoms with E-state index in [4.69, 9.17) is 0 Å². The fraction of sp³-hybridized carbons (Fsp3) is 0.562. The summed E-state index contributed by atoms with van der Waals surface area (Å²) in [7, 11) is 0.351. The van der Waals surface area contributed by atoms with Gasteiger partial charge in [0, 0.05) is 12.3 Å². The van der Waals surface area contributed by atoms with Crippen molar-refractivity contribution in [1.29, 1.82) is 0 Å². The summed E-state index contributed by atoms with van der Waals surface area (Å²) in [6.45, 7) is 3.82. The highest BCUT2D eigenvalue weighted by Gasteiger charge is 2.18. The molecule has 0 spiro atoms. The largest absolute Gasteiger partial charge is 0.303 e. The second-order valence-electron chi connectivity index (χ2n) is 5.46. The van der Waals surface area contributed by atoms with Gasteiger partial charge in [0.2, 0.25) is 0 Å². The number of rotatable bonds is 5. The Morgan fingerprint density at radius 1 is 1.22 bits per heavy atom. The summed E-state index contributed by atoms with van der Waals surface area (Å²) >= 11 is 0. The normalized spacial score (nSPS) is 19.8. The second kappa shape index (κ2) is 7.10. The maximum atomic E-state index is 4.09. The van der Waals surface area contributed by atoms with Crippen molar-refractivity contribution in [3.8, 4) is 0 Å². The van der Waals surface area contributed by atoms with E-state index in [9.17, 15) is 0 Å². The van der Waals surface area contributed by atoms with Crippen LogP contribution in [0.2, 0.25) is 0 Å². The minimum absolute atomic E-state index is 0.351. The van der Waals surface area contributed by atoms with E-state index in [0.29, 0.717) is 10.5 Å². The maximum absolute atomic E-state index is 4.09. The van der Waals surface area contributed by atoms with Crippen LogP contribution in [-0.4, -0.2) is 42.4 Å². The molecule has 1 unspecified atom stereocenters. The second-order valence-corrected chi connectivity index (χ2v) is 7.43. The highest BCUT2D eigenvalue weighted by Crippen LogP contribution is 2.21. The summed E-state index contributed by atoms with van der Waals surface area (Å²) in [5, 5.41) is 0. The van der Waals surface area contributed by atoms with Crippen LogP contribution >= 0.6 is 10.5 Å². The molecule has 0 radical (unpaired) electrons. The lowest BCUT2D eigenvalue weighted by Gasteiger charge is -2.32. The molecule has 1 aromatic rings. The fourth-order valence-corrected chi connectivity index (χ4v) is 3.22. The zero-order valence-corrected chi connectivity index (χ0v) is 12.3. The summed E-state index contributed by atoms with van der Waals surface area (Å²) in [5.74, 6) is 6.25. The quantitative estimate of drug-likeness (QED) is 0.737. The third kappa shape index (κ3) is 4.58. The Morgan fingerprint density at radius 3 is 2.50 bits per heavy atom. The van der Waals surface area contributed by atoms with Gasteiger partial charge < -0.3 is 4.90 Å². The first-order chi connectivity index (χ1) is 8.74. The summed E-state index contributed by atoms with van der Waals surface area (Å²) in [6.07, 6.45) is 6.23. The monoisotopic (exact) mass is 263 g/mol. The molecule has 1 fully saturated rings. The van der Waals surface area contributed by atoms with Crippen molar-refractivity contribution in [2.45, 2.75) is 19.3 Å². The van der Waals surface area contributed by atoms with Gasteiger partial charge in [0.05, 0.1) is 0 Å². The molecule has 1 atom stereocenters. The first kappa shape index (κ1) is 13.8. The molecule has 0 bridgehead atoms. The molecule has 1 heterocycles. The molecule has 18 heavy (non-hydrogen) atoms. The Kier molecular flexibility index (Phi) is 5.45. The van der Waals surface area contributed by atoms with E-state index in [1.54, 1.807) is 0 Å². The standard InChI is InChI=1S/C16H25NS/c1-18(2)13-12-17-10-8-16(9-11-17)14-15-6-4-3-5-7-15/h3-7,16H,1,8-14H2,2H3. The fourth-order valence-electron chi connectivity index (χ4n) is 2.65. The van der Waals surface area contributed by atoms with E-state index < -0.39 is 0 Å². The van der Waals surface area contributed by atoms with Crippen molar-refractivity contribution in [3.63, 3.8) is 0 Å². The minimum atomic E-state index is 0.351. The number of likely N-dealkylation sites (tertiary alicyclic amines) is 1. The molecule has 100 valence electrons. The van der Waals surface area contributed by atoms with Crippen molar-refractivity contribution in [3.05, 3.63) is 35.9 Å². The lowest BCUT2D eigenvalue weighted by atomic mass is 9.90. The van der Waals surface area contributed by atoms with Crippen molar-refractivity contribution in [2.75, 3.05) is 31.6 Å². The average Bonchev–Trinajstić information content (AvgIpc) is 2.39. The topological polar surface area (TPSA) is 3.24 Å². The van der Waals surface area contributed by atoms with Crippen molar-refractivity contribution in [2.24, 2.45) is 5.92 Å². The number of hydrogen-bond acceptors (Lipinski definition) is 1. The van der Waals surface area contributed by atoms with Gasteiger partial charge in [-0.25, -0.2) is 0 Å². The van der Waals surface area contributed by atoms with Gasteiger partial charge in [0.15, 0.2) is 0 Å². The van der Waals surface area contributed by atoms with Crippen LogP contribution in [0.1, 0.15) is 18.4 Å². The van der Waals surface area contributed by atoms with Gasteiger partial charge in [0.1, 0.15) is 0 Å². The zero-order valence-electron chi connectivity index (χ0n) is 11.5. The Balaban J connectivity index is 1.72. The van der Waals surface area contributed by atoms with Gasteiger partial charge in [-0.05, 0) is 50.1 Å². The zero-order chi connectivity index (χ0) is 12.8. The molecule has 0 saturated carbocycles. The van der Waals surface area contributed by atoms with Crippen LogP contribution in [0.4, 0.5) is 0 Å². The molecule has 1 aliphatic rings. The van der Waals surface area contributed by atoms with Gasteiger partial charge in [-0.2, -0.15) is 10.5 Å². The van der Waals surface area contributed by atoms with Gasteiger partial charge in [-0.15, -0.1) is 0 Å². The molecular weight excluding hydrogens is 238 g/mol. The molecule has 0 amide bonds. The summed E-state index contributed by atoms with van der Waals surface area (Å²) < 4.78 is 0. The number of benzene rings is 1. The number of piperidine rings is 1. The molecule has 0 aromatic heterocycles. The van der Waals surface area contributed by atoms with Gasteiger partial charge >= 0.3 is 0 Å². The molecule has 2 heteroatoms. The third-order valence-electron chi connectivity index (χ3n) is 3.83. The third-order valence-corrected chi connectivity index (χ3v) is 4.71. The molecule has 1 aliphatic heterocycles. The minimum Gasteiger partial charge on any atom is -0.303 e. The van der Waals surface area contributed by atoms with Gasteiger partial charge in [0.25, 0.3) is 0 Å². The molecule has 1 aromatic carbocycles. The van der Waals surface area contributed by atoms with Crippen LogP contribution in [0, 0.1) is 5.92 Å². The molecular formula is C16H25NS. The van der Waals surface area contributed by atoms with Crippen LogP contribution in [0.5, 0.6) is 0 Å². The Labute approximate surface area is 114 Å². The summed E-state index contributed by atoms with van der Waals surface area (Å²) in [4.78, 5) is 2.62. The van der Waals surface area contributed by atoms with Gasteiger partial charge in [-0.3, -0.25) is 0 Å². The van der Waals surface area contributed by atoms with Crippen molar-refractivity contribution in [1.82, 2.24) is 4.90 Å². The smallest absolute Gasteiger partial charge is 0.00675 e. The van der Waals surface area contributed by atoms with E-state index in [-0.39, 0.29) is 0 Å². The molecule has 1 nitrogen and oxygen atoms in total. The summed E-state index contributed by atoms with van der Waals surface area (Å²) in [6, 6.07) is 10.9. The Bertz CT molecular complexity index is 366. The Hall–Kier alpha value is -0.600. The highest BCUT2D eigenvalue weighted by molar-refractivity contribution is 8.13. The lowest BCUT2D eigenvalue weighted by molar-refractivity contribution is 0.193. The first-order valence-electron chi connectivity index (χ1n) is 6.92. The molecule has 1 saturated heterocycles. The van der Waals surface area contributed by atoms with Gasteiger partial charge in [-0.1, -0.05) is 36.2 Å². The van der Waals surface area contributed by atoms with Crippen molar-refractivity contribution >= 4 is 16.4 Å². The van der Waals surface area contributed by atoms with Crippen LogP contribution in [-0.2, 0) is 6.42 Å². The van der Waals surface area contributed by atoms with E-state index >= 15 is 0 Å². The number of hydrogen-bond donors (Lipinski definition) is 0.